The van der Waals surface area contributed by atoms with Gasteiger partial charge >= 0.3 is 0 Å². The molecule has 3 aromatic heterocycles. The van der Waals surface area contributed by atoms with Gasteiger partial charge in [0.25, 0.3) is 0 Å². The number of nitrogens with zero attached hydrogens (tertiary/aromatic N) is 2. The topological polar surface area (TPSA) is 34.3 Å². The Bertz CT molecular complexity index is 1510. The smallest absolute Gasteiger partial charge is 0.224 e. The monoisotopic (exact) mass is 336 g/mol. The molecule has 0 saturated heterocycles. The fourth-order valence-corrected chi connectivity index (χ4v) is 4.69. The van der Waals surface area contributed by atoms with Crippen molar-refractivity contribution in [2.75, 3.05) is 5.73 Å². The molecule has 3 nitrogen and oxygen atoms in total. The Morgan fingerprint density at radius 3 is 2.62 bits per heavy atom. The van der Waals surface area contributed by atoms with Gasteiger partial charge in [0, 0.05) is 22.5 Å². The predicted octanol–water partition coefficient (Wildman–Crippen LogP) is 4.71. The highest BCUT2D eigenvalue weighted by Crippen LogP contribution is 2.40. The van der Waals surface area contributed by atoms with Gasteiger partial charge in [-0.15, -0.1) is 0 Å². The van der Waals surface area contributed by atoms with Crippen molar-refractivity contribution < 1.29 is 4.57 Å². The summed E-state index contributed by atoms with van der Waals surface area (Å²) in [7, 11) is 2.13. The van der Waals surface area contributed by atoms with Crippen molar-refractivity contribution in [3.8, 4) is 0 Å². The van der Waals surface area contributed by atoms with Gasteiger partial charge in [0.15, 0.2) is 6.20 Å². The first-order chi connectivity index (χ1) is 12.6. The van der Waals surface area contributed by atoms with Crippen molar-refractivity contribution in [1.82, 2.24) is 4.40 Å². The quantitative estimate of drug-likeness (QED) is 0.185. The molecule has 3 aromatic carbocycles. The lowest BCUT2D eigenvalue weighted by Crippen LogP contribution is -2.28. The standard InChI is InChI=1S/C23H17N3/c1-13-7-8-17-16-5-3-4-6-18(16)26-19-12-15(24)11-14-9-10-25(2)23(21(14)19)20(13)22(17)26/h3-12,24H,1-2H3/p+1. The number of aryl methyl sites for hydroxylation is 2. The average molecular weight is 336 g/mol. The molecule has 0 fully saturated rings. The Morgan fingerprint density at radius 1 is 0.885 bits per heavy atom. The first-order valence-corrected chi connectivity index (χ1v) is 8.90. The molecule has 3 heteroatoms. The van der Waals surface area contributed by atoms with Crippen molar-refractivity contribution >= 4 is 54.7 Å². The number of fused-ring (bicyclic) bond motifs is 5. The number of para-hydroxylation sites is 1. The Balaban J connectivity index is 2.17. The van der Waals surface area contributed by atoms with Crippen LogP contribution in [0.5, 0.6) is 0 Å². The Morgan fingerprint density at radius 2 is 1.73 bits per heavy atom. The lowest BCUT2D eigenvalue weighted by atomic mass is 9.99. The second-order valence-electron chi connectivity index (χ2n) is 7.29. The van der Waals surface area contributed by atoms with Crippen LogP contribution in [-0.2, 0) is 7.05 Å². The largest absolute Gasteiger partial charge is 0.399 e. The number of rotatable bonds is 0. The first kappa shape index (κ1) is 13.9. The number of aromatic nitrogens is 2. The van der Waals surface area contributed by atoms with Gasteiger partial charge in [0.05, 0.1) is 27.3 Å². The molecule has 0 radical (unpaired) electrons. The number of benzene rings is 3. The van der Waals surface area contributed by atoms with Crippen LogP contribution in [0.15, 0.2) is 60.8 Å². The van der Waals surface area contributed by atoms with Crippen molar-refractivity contribution in [1.29, 1.82) is 0 Å². The summed E-state index contributed by atoms with van der Waals surface area (Å²) < 4.78 is 4.64. The molecule has 0 aliphatic carbocycles. The van der Waals surface area contributed by atoms with Crippen molar-refractivity contribution in [2.24, 2.45) is 7.05 Å². The first-order valence-electron chi connectivity index (χ1n) is 8.90. The molecule has 0 unspecified atom stereocenters. The Hall–Kier alpha value is -3.33. The SMILES string of the molecule is Cc1ccc2c3ccccc3n3c4cc(N)cc5cc[n+](C)c(c1c23)c54. The normalized spacial score (nSPS) is 12.4. The highest BCUT2D eigenvalue weighted by atomic mass is 15.0. The van der Waals surface area contributed by atoms with Crippen molar-refractivity contribution in [3.05, 3.63) is 66.4 Å². The van der Waals surface area contributed by atoms with Gasteiger partial charge in [0.1, 0.15) is 7.05 Å². The molecule has 0 bridgehead atoms. The maximum absolute atomic E-state index is 6.28. The molecule has 0 atom stereocenters. The summed E-state index contributed by atoms with van der Waals surface area (Å²) in [6.07, 6.45) is 2.14. The van der Waals surface area contributed by atoms with Gasteiger partial charge in [-0.2, -0.15) is 0 Å². The number of nitrogens with two attached hydrogens (primary N) is 1. The van der Waals surface area contributed by atoms with E-state index in [0.717, 1.165) is 5.69 Å². The summed E-state index contributed by atoms with van der Waals surface area (Å²) in [5.41, 5.74) is 13.4. The van der Waals surface area contributed by atoms with Gasteiger partial charge in [-0.05, 0) is 36.1 Å². The zero-order valence-electron chi connectivity index (χ0n) is 14.7. The second kappa shape index (κ2) is 4.44. The van der Waals surface area contributed by atoms with Crippen LogP contribution < -0.4 is 10.3 Å². The number of pyridine rings is 2. The molecule has 124 valence electrons. The second-order valence-corrected chi connectivity index (χ2v) is 7.29. The van der Waals surface area contributed by atoms with Crippen molar-refractivity contribution in [3.63, 3.8) is 0 Å². The van der Waals surface area contributed by atoms with E-state index in [1.54, 1.807) is 0 Å². The predicted molar refractivity (Wildman–Crippen MR) is 109 cm³/mol. The molecule has 0 saturated carbocycles. The van der Waals surface area contributed by atoms with Crippen LogP contribution in [0.1, 0.15) is 5.56 Å². The third-order valence-electron chi connectivity index (χ3n) is 5.76. The van der Waals surface area contributed by atoms with Crippen molar-refractivity contribution in [2.45, 2.75) is 6.92 Å². The fraction of sp³-hybridized carbons (Fsp3) is 0.0870. The third kappa shape index (κ3) is 1.47. The maximum Gasteiger partial charge on any atom is 0.224 e. The molecular weight excluding hydrogens is 318 g/mol. The van der Waals surface area contributed by atoms with Gasteiger partial charge in [-0.25, -0.2) is 4.57 Å². The minimum Gasteiger partial charge on any atom is -0.399 e. The highest BCUT2D eigenvalue weighted by Gasteiger charge is 2.23. The number of nitrogen functional groups attached to an aromatic ring is 1. The summed E-state index contributed by atoms with van der Waals surface area (Å²) in [5.74, 6) is 0. The van der Waals surface area contributed by atoms with Crippen LogP contribution in [0.3, 0.4) is 0 Å². The van der Waals surface area contributed by atoms with Gasteiger partial charge < -0.3 is 10.1 Å². The molecule has 3 heterocycles. The molecule has 0 amide bonds. The summed E-state index contributed by atoms with van der Waals surface area (Å²) in [5, 5.41) is 6.37. The van der Waals surface area contributed by atoms with E-state index in [-0.39, 0.29) is 0 Å². The zero-order valence-corrected chi connectivity index (χ0v) is 14.7. The van der Waals surface area contributed by atoms with Gasteiger partial charge in [0.2, 0.25) is 5.52 Å². The summed E-state index contributed by atoms with van der Waals surface area (Å²) >= 11 is 0. The van der Waals surface area contributed by atoms with E-state index >= 15 is 0 Å². The number of anilines is 1. The lowest BCUT2D eigenvalue weighted by Gasteiger charge is -2.13. The van der Waals surface area contributed by atoms with Crippen LogP contribution in [0.2, 0.25) is 0 Å². The Kier molecular flexibility index (Phi) is 2.37. The van der Waals surface area contributed by atoms with Gasteiger partial charge in [-0.3, -0.25) is 0 Å². The average Bonchev–Trinajstić information content (AvgIpc) is 2.97. The van der Waals surface area contributed by atoms with E-state index in [0.29, 0.717) is 0 Å². The molecule has 0 aliphatic rings. The highest BCUT2D eigenvalue weighted by molar-refractivity contribution is 6.26. The molecule has 0 aliphatic heterocycles. The van der Waals surface area contributed by atoms with E-state index in [9.17, 15) is 0 Å². The molecule has 0 spiro atoms. The fourth-order valence-electron chi connectivity index (χ4n) is 4.69. The number of hydrogen-bond acceptors (Lipinski definition) is 1. The minimum absolute atomic E-state index is 0.800. The minimum atomic E-state index is 0.800. The summed E-state index contributed by atoms with van der Waals surface area (Å²) in [4.78, 5) is 0. The zero-order chi connectivity index (χ0) is 17.6. The summed E-state index contributed by atoms with van der Waals surface area (Å²) in [6, 6.07) is 19.5. The lowest BCUT2D eigenvalue weighted by molar-refractivity contribution is -0.643. The van der Waals surface area contributed by atoms with Crippen LogP contribution in [0.4, 0.5) is 5.69 Å². The van der Waals surface area contributed by atoms with E-state index in [1.165, 1.54) is 54.6 Å². The number of hydrogen-bond donors (Lipinski definition) is 1. The van der Waals surface area contributed by atoms with E-state index in [4.69, 9.17) is 5.73 Å². The summed E-state index contributed by atoms with van der Waals surface area (Å²) in [6.45, 7) is 2.21. The van der Waals surface area contributed by atoms with Crippen LogP contribution in [0.25, 0.3) is 49.0 Å². The van der Waals surface area contributed by atoms with Crippen LogP contribution in [0, 0.1) is 6.92 Å². The molecule has 2 N–H and O–H groups in total. The van der Waals surface area contributed by atoms with E-state index in [1.807, 2.05) is 0 Å². The Labute approximate surface area is 150 Å². The third-order valence-corrected chi connectivity index (χ3v) is 5.76. The molecule has 6 aromatic rings. The van der Waals surface area contributed by atoms with Gasteiger partial charge in [-0.1, -0.05) is 30.3 Å². The van der Waals surface area contributed by atoms with Crippen LogP contribution in [-0.4, -0.2) is 4.40 Å². The maximum atomic E-state index is 6.28. The van der Waals surface area contributed by atoms with Crippen LogP contribution >= 0.6 is 0 Å². The molecular formula is C23H18N3+. The molecule has 6 rings (SSSR count). The molecule has 26 heavy (non-hydrogen) atoms. The van der Waals surface area contributed by atoms with E-state index in [2.05, 4.69) is 83.7 Å². The van der Waals surface area contributed by atoms with E-state index < -0.39 is 0 Å².